The van der Waals surface area contributed by atoms with Crippen molar-refractivity contribution in [1.82, 2.24) is 10.8 Å². The van der Waals surface area contributed by atoms with Crippen LogP contribution in [0.25, 0.3) is 0 Å². The van der Waals surface area contributed by atoms with E-state index in [4.69, 9.17) is 4.74 Å². The van der Waals surface area contributed by atoms with E-state index in [0.717, 1.165) is 0 Å². The molecular weight excluding hydrogens is 224 g/mol. The van der Waals surface area contributed by atoms with Crippen LogP contribution in [0.5, 0.6) is 5.75 Å². The minimum atomic E-state index is -0.637. The van der Waals surface area contributed by atoms with Crippen molar-refractivity contribution >= 4 is 11.8 Å². The highest BCUT2D eigenvalue weighted by atomic mass is 16.7. The van der Waals surface area contributed by atoms with Crippen LogP contribution < -0.4 is 15.5 Å². The molecule has 6 nitrogen and oxygen atoms in total. The zero-order valence-electron chi connectivity index (χ0n) is 9.01. The normalized spacial score (nSPS) is 18.6. The van der Waals surface area contributed by atoms with Crippen LogP contribution in [0.3, 0.4) is 0 Å². The molecule has 0 aliphatic carbocycles. The van der Waals surface area contributed by atoms with Gasteiger partial charge >= 0.3 is 0 Å². The van der Waals surface area contributed by atoms with Gasteiger partial charge < -0.3 is 10.1 Å². The Morgan fingerprint density at radius 1 is 1.47 bits per heavy atom. The molecule has 6 heteroatoms. The van der Waals surface area contributed by atoms with Crippen LogP contribution in [0.1, 0.15) is 0 Å². The lowest BCUT2D eigenvalue weighted by Gasteiger charge is -2.09. The number of para-hydroxylation sites is 1. The Bertz CT molecular complexity index is 407. The molecular formula is C11H12N2O4. The maximum absolute atomic E-state index is 11.4. The monoisotopic (exact) mass is 236 g/mol. The van der Waals surface area contributed by atoms with Crippen LogP contribution in [0, 0.1) is 0 Å². The third-order valence-electron chi connectivity index (χ3n) is 2.19. The van der Waals surface area contributed by atoms with Crippen molar-refractivity contribution in [3.63, 3.8) is 0 Å². The van der Waals surface area contributed by atoms with E-state index in [2.05, 4.69) is 15.6 Å². The van der Waals surface area contributed by atoms with Crippen LogP contribution in [0.2, 0.25) is 0 Å². The average Bonchev–Trinajstić information content (AvgIpc) is 2.74. The van der Waals surface area contributed by atoms with E-state index < -0.39 is 6.04 Å². The summed E-state index contributed by atoms with van der Waals surface area (Å²) in [6.07, 6.45) is 0. The third kappa shape index (κ3) is 3.18. The number of carbonyl (C=O) groups is 2. The largest absolute Gasteiger partial charge is 0.484 e. The van der Waals surface area contributed by atoms with E-state index in [1.807, 2.05) is 18.2 Å². The number of hydroxylamine groups is 1. The quantitative estimate of drug-likeness (QED) is 0.746. The molecule has 1 saturated heterocycles. The second-order valence-corrected chi connectivity index (χ2v) is 3.50. The first-order chi connectivity index (χ1) is 8.25. The van der Waals surface area contributed by atoms with Crippen LogP contribution >= 0.6 is 0 Å². The lowest BCUT2D eigenvalue weighted by atomic mass is 10.3. The van der Waals surface area contributed by atoms with Gasteiger partial charge in [-0.3, -0.25) is 14.4 Å². The molecule has 17 heavy (non-hydrogen) atoms. The summed E-state index contributed by atoms with van der Waals surface area (Å²) in [5.41, 5.74) is 2.15. The maximum Gasteiger partial charge on any atom is 0.268 e. The van der Waals surface area contributed by atoms with Gasteiger partial charge in [-0.2, -0.15) is 0 Å². The van der Waals surface area contributed by atoms with Crippen molar-refractivity contribution in [2.24, 2.45) is 0 Å². The SMILES string of the molecule is O=C(COc1ccccc1)N[C@H]1CONC1=O. The van der Waals surface area contributed by atoms with Gasteiger partial charge in [0.1, 0.15) is 18.4 Å². The summed E-state index contributed by atoms with van der Waals surface area (Å²) in [4.78, 5) is 27.2. The standard InChI is InChI=1S/C11H12N2O4/c14-10(12-9-6-17-13-11(9)15)7-16-8-4-2-1-3-5-8/h1-5,9H,6-7H2,(H,12,14)(H,13,15)/t9-/m0/s1. The molecule has 0 saturated carbocycles. The van der Waals surface area contributed by atoms with E-state index >= 15 is 0 Å². The Morgan fingerprint density at radius 2 is 2.24 bits per heavy atom. The number of carbonyl (C=O) groups excluding carboxylic acids is 2. The lowest BCUT2D eigenvalue weighted by molar-refractivity contribution is -0.129. The van der Waals surface area contributed by atoms with Gasteiger partial charge in [0, 0.05) is 0 Å². The van der Waals surface area contributed by atoms with Crippen LogP contribution in [0.15, 0.2) is 30.3 Å². The van der Waals surface area contributed by atoms with Crippen molar-refractivity contribution in [2.45, 2.75) is 6.04 Å². The van der Waals surface area contributed by atoms with Gasteiger partial charge in [-0.15, -0.1) is 0 Å². The predicted molar refractivity (Wildman–Crippen MR) is 58.0 cm³/mol. The minimum absolute atomic E-state index is 0.131. The lowest BCUT2D eigenvalue weighted by Crippen LogP contribution is -2.43. The van der Waals surface area contributed by atoms with Gasteiger partial charge in [0.15, 0.2) is 6.61 Å². The Morgan fingerprint density at radius 3 is 2.88 bits per heavy atom. The van der Waals surface area contributed by atoms with Crippen molar-refractivity contribution < 1.29 is 19.2 Å². The molecule has 0 unspecified atom stereocenters. The number of nitrogens with one attached hydrogen (secondary N) is 2. The summed E-state index contributed by atoms with van der Waals surface area (Å²) >= 11 is 0. The molecule has 2 N–H and O–H groups in total. The Labute approximate surface area is 97.9 Å². The Balaban J connectivity index is 1.76. The number of rotatable bonds is 4. The molecule has 2 amide bonds. The summed E-state index contributed by atoms with van der Waals surface area (Å²) in [5, 5.41) is 2.50. The highest BCUT2D eigenvalue weighted by Crippen LogP contribution is 2.07. The van der Waals surface area contributed by atoms with Gasteiger partial charge in [-0.25, -0.2) is 5.48 Å². The van der Waals surface area contributed by atoms with Gasteiger partial charge in [0.25, 0.3) is 11.8 Å². The molecule has 2 rings (SSSR count). The number of amides is 2. The predicted octanol–water partition coefficient (Wildman–Crippen LogP) is -0.388. The van der Waals surface area contributed by atoms with Gasteiger partial charge in [-0.1, -0.05) is 18.2 Å². The summed E-state index contributed by atoms with van der Waals surface area (Å²) in [6.45, 7) is 0.00367. The van der Waals surface area contributed by atoms with Crippen LogP contribution in [-0.2, 0) is 14.4 Å². The Hall–Kier alpha value is -2.08. The van der Waals surface area contributed by atoms with Gasteiger partial charge in [-0.05, 0) is 12.1 Å². The number of hydrogen-bond acceptors (Lipinski definition) is 4. The molecule has 1 fully saturated rings. The second-order valence-electron chi connectivity index (χ2n) is 3.50. The fourth-order valence-corrected chi connectivity index (χ4v) is 1.35. The third-order valence-corrected chi connectivity index (χ3v) is 2.19. The van der Waals surface area contributed by atoms with Gasteiger partial charge in [0.2, 0.25) is 0 Å². The molecule has 1 aliphatic heterocycles. The highest BCUT2D eigenvalue weighted by molar-refractivity contribution is 5.88. The van der Waals surface area contributed by atoms with Crippen molar-refractivity contribution in [1.29, 1.82) is 0 Å². The minimum Gasteiger partial charge on any atom is -0.484 e. The van der Waals surface area contributed by atoms with E-state index in [1.54, 1.807) is 12.1 Å². The fourth-order valence-electron chi connectivity index (χ4n) is 1.35. The maximum atomic E-state index is 11.4. The molecule has 1 aromatic rings. The van der Waals surface area contributed by atoms with Crippen LogP contribution in [-0.4, -0.2) is 31.1 Å². The molecule has 1 atom stereocenters. The molecule has 90 valence electrons. The topological polar surface area (TPSA) is 76.7 Å². The molecule has 1 aliphatic rings. The zero-order valence-corrected chi connectivity index (χ0v) is 9.01. The number of ether oxygens (including phenoxy) is 1. The number of benzene rings is 1. The molecule has 0 bridgehead atoms. The molecule has 0 spiro atoms. The van der Waals surface area contributed by atoms with Crippen molar-refractivity contribution in [3.05, 3.63) is 30.3 Å². The molecule has 0 radical (unpaired) electrons. The first-order valence-electron chi connectivity index (χ1n) is 5.14. The summed E-state index contributed by atoms with van der Waals surface area (Å²) < 4.78 is 5.23. The zero-order chi connectivity index (χ0) is 12.1. The second kappa shape index (κ2) is 5.31. The van der Waals surface area contributed by atoms with Gasteiger partial charge in [0.05, 0.1) is 0 Å². The number of hydrogen-bond donors (Lipinski definition) is 2. The summed E-state index contributed by atoms with van der Waals surface area (Å²) in [5.74, 6) is -0.104. The van der Waals surface area contributed by atoms with Crippen molar-refractivity contribution in [2.75, 3.05) is 13.2 Å². The first kappa shape index (κ1) is 11.4. The van der Waals surface area contributed by atoms with E-state index in [-0.39, 0.29) is 25.0 Å². The molecule has 1 heterocycles. The van der Waals surface area contributed by atoms with E-state index in [0.29, 0.717) is 5.75 Å². The highest BCUT2D eigenvalue weighted by Gasteiger charge is 2.26. The molecule has 0 aromatic heterocycles. The summed E-state index contributed by atoms with van der Waals surface area (Å²) in [7, 11) is 0. The Kier molecular flexibility index (Phi) is 3.56. The smallest absolute Gasteiger partial charge is 0.268 e. The summed E-state index contributed by atoms with van der Waals surface area (Å²) in [6, 6.07) is 8.34. The fraction of sp³-hybridized carbons (Fsp3) is 0.273. The molecule has 1 aromatic carbocycles. The van der Waals surface area contributed by atoms with Crippen LogP contribution in [0.4, 0.5) is 0 Å². The van der Waals surface area contributed by atoms with Crippen molar-refractivity contribution in [3.8, 4) is 5.75 Å². The first-order valence-corrected chi connectivity index (χ1v) is 5.14. The van der Waals surface area contributed by atoms with E-state index in [1.165, 1.54) is 0 Å². The van der Waals surface area contributed by atoms with E-state index in [9.17, 15) is 9.59 Å². The average molecular weight is 236 g/mol.